The van der Waals surface area contributed by atoms with Crippen LogP contribution in [0.4, 0.5) is 5.69 Å². The molecule has 0 unspecified atom stereocenters. The van der Waals surface area contributed by atoms with E-state index in [1.54, 1.807) is 0 Å². The van der Waals surface area contributed by atoms with Gasteiger partial charge in [0, 0.05) is 71.9 Å². The molecule has 39 heavy (non-hydrogen) atoms. The van der Waals surface area contributed by atoms with E-state index in [1.807, 2.05) is 18.2 Å². The number of fused-ring (bicyclic) bond motifs is 8. The highest BCUT2D eigenvalue weighted by molar-refractivity contribution is 9.08. The van der Waals surface area contributed by atoms with Gasteiger partial charge in [-0.1, -0.05) is 58.4 Å². The highest BCUT2D eigenvalue weighted by Crippen LogP contribution is 2.25. The molecule has 4 aromatic heterocycles. The summed E-state index contributed by atoms with van der Waals surface area (Å²) >= 11 is 3.56. The number of nitrogens with one attached hydrogen (secondary N) is 4. The molecule has 1 aliphatic heterocycles. The maximum atomic E-state index is 6.45. The quantitative estimate of drug-likeness (QED) is 0.161. The number of aromatic amines is 4. The molecule has 0 spiro atoms. The van der Waals surface area contributed by atoms with Crippen molar-refractivity contribution in [3.8, 4) is 0 Å². The molecule has 0 saturated carbocycles. The van der Waals surface area contributed by atoms with Crippen LogP contribution in [0.1, 0.15) is 39.5 Å². The fourth-order valence-electron chi connectivity index (χ4n) is 5.28. The van der Waals surface area contributed by atoms with Gasteiger partial charge in [-0.15, -0.1) is 0 Å². The number of hydrogen-bond acceptors (Lipinski definition) is 1. The van der Waals surface area contributed by atoms with Gasteiger partial charge in [-0.2, -0.15) is 0 Å². The molecule has 190 valence electrons. The number of benzene rings is 2. The molecule has 2 aromatic carbocycles. The number of aromatic nitrogens is 4. The smallest absolute Gasteiger partial charge is 0.0486 e. The lowest BCUT2D eigenvalue weighted by molar-refractivity contribution is 1.21. The lowest BCUT2D eigenvalue weighted by atomic mass is 10.0. The minimum absolute atomic E-state index is 0.734. The third kappa shape index (κ3) is 4.39. The van der Waals surface area contributed by atoms with E-state index in [1.165, 1.54) is 5.56 Å². The number of nitrogen functional groups attached to an aromatic ring is 1. The standard InChI is InChI=1S/C33H26BrN5/c34-19-20-5-7-21(8-6-20)32-28-13-9-22(36-28)17-24-11-15-30(38-24)33(26-3-1-2-4-27(26)35)31-16-12-25(39-31)18-23-10-14-29(32)37-23/h1-18,36-39H,19,35H2. The Bertz CT molecular complexity index is 2070. The first kappa shape index (κ1) is 23.4. The number of H-pyrrole nitrogens is 4. The molecule has 8 bridgehead atoms. The van der Waals surface area contributed by atoms with Crippen molar-refractivity contribution in [2.24, 2.45) is 0 Å². The summed E-state index contributed by atoms with van der Waals surface area (Å²) in [7, 11) is 0. The monoisotopic (exact) mass is 571 g/mol. The van der Waals surface area contributed by atoms with Crippen LogP contribution in [0.15, 0.2) is 97.1 Å². The zero-order valence-corrected chi connectivity index (χ0v) is 22.6. The van der Waals surface area contributed by atoms with Crippen LogP contribution in [-0.4, -0.2) is 19.9 Å². The molecule has 0 saturated heterocycles. The fraction of sp³-hybridized carbons (Fsp3) is 0.0303. The Morgan fingerprint density at radius 2 is 1.15 bits per heavy atom. The number of halogens is 1. The summed E-state index contributed by atoms with van der Waals surface area (Å²) in [6.07, 6.45) is 4.26. The first-order valence-corrected chi connectivity index (χ1v) is 14.0. The number of nitrogens with two attached hydrogens (primary N) is 1. The number of rotatable bonds is 3. The lowest BCUT2D eigenvalue weighted by Crippen LogP contribution is -2.16. The van der Waals surface area contributed by atoms with Gasteiger partial charge in [-0.05, 0) is 77.9 Å². The molecule has 6 aromatic rings. The van der Waals surface area contributed by atoms with E-state index in [2.05, 4.69) is 127 Å². The zero-order valence-electron chi connectivity index (χ0n) is 21.1. The van der Waals surface area contributed by atoms with Crippen molar-refractivity contribution in [3.63, 3.8) is 0 Å². The van der Waals surface area contributed by atoms with Crippen LogP contribution in [-0.2, 0) is 5.33 Å². The van der Waals surface area contributed by atoms with E-state index in [9.17, 15) is 0 Å². The molecule has 6 heteroatoms. The SMILES string of the molecule is Nc1ccccc1C1=c2ccc([nH]2)=Cc2ccc([nH]2)C(c2ccc(CBr)cc2)=c2ccc([nH]2)=Cc2ccc1[nH]2. The van der Waals surface area contributed by atoms with Crippen molar-refractivity contribution < 1.29 is 0 Å². The van der Waals surface area contributed by atoms with Gasteiger partial charge < -0.3 is 25.7 Å². The average molecular weight is 573 g/mol. The van der Waals surface area contributed by atoms with Crippen LogP contribution in [0.3, 0.4) is 0 Å². The number of alkyl halides is 1. The Morgan fingerprint density at radius 1 is 0.564 bits per heavy atom. The van der Waals surface area contributed by atoms with Crippen molar-refractivity contribution in [3.05, 3.63) is 158 Å². The molecule has 7 rings (SSSR count). The summed E-state index contributed by atoms with van der Waals surface area (Å²) in [6.45, 7) is 0. The molecular formula is C33H26BrN5. The van der Waals surface area contributed by atoms with E-state index >= 15 is 0 Å². The Hall–Kier alpha value is -4.68. The molecule has 0 aliphatic carbocycles. The molecule has 5 nitrogen and oxygen atoms in total. The van der Waals surface area contributed by atoms with Crippen LogP contribution >= 0.6 is 15.9 Å². The maximum absolute atomic E-state index is 6.45. The van der Waals surface area contributed by atoms with Crippen LogP contribution < -0.4 is 27.1 Å². The minimum atomic E-state index is 0.734. The first-order chi connectivity index (χ1) is 19.1. The summed E-state index contributed by atoms with van der Waals surface area (Å²) in [5.74, 6) is 0. The van der Waals surface area contributed by atoms with Gasteiger partial charge >= 0.3 is 0 Å². The number of para-hydroxylation sites is 1. The van der Waals surface area contributed by atoms with E-state index < -0.39 is 0 Å². The van der Waals surface area contributed by atoms with Gasteiger partial charge in [-0.25, -0.2) is 0 Å². The molecular weight excluding hydrogens is 546 g/mol. The van der Waals surface area contributed by atoms with E-state index in [0.717, 1.165) is 77.5 Å². The van der Waals surface area contributed by atoms with Crippen molar-refractivity contribution in [1.82, 2.24) is 19.9 Å². The Morgan fingerprint density at radius 3 is 1.77 bits per heavy atom. The lowest BCUT2D eigenvalue weighted by Gasteiger charge is -2.09. The van der Waals surface area contributed by atoms with Gasteiger partial charge in [0.05, 0.1) is 0 Å². The normalized spacial score (nSPS) is 12.7. The van der Waals surface area contributed by atoms with Gasteiger partial charge in [-0.3, -0.25) is 0 Å². The molecule has 6 N–H and O–H groups in total. The predicted octanol–water partition coefficient (Wildman–Crippen LogP) is 3.94. The summed E-state index contributed by atoms with van der Waals surface area (Å²) in [4.78, 5) is 14.5. The van der Waals surface area contributed by atoms with Crippen LogP contribution in [0.2, 0.25) is 0 Å². The highest BCUT2D eigenvalue weighted by atomic mass is 79.9. The third-order valence-electron chi connectivity index (χ3n) is 7.16. The maximum Gasteiger partial charge on any atom is 0.0486 e. The molecule has 1 aliphatic rings. The molecule has 0 atom stereocenters. The summed E-state index contributed by atoms with van der Waals surface area (Å²) in [5, 5.41) is 4.89. The van der Waals surface area contributed by atoms with Crippen molar-refractivity contribution in [2.45, 2.75) is 5.33 Å². The zero-order chi connectivity index (χ0) is 26.3. The largest absolute Gasteiger partial charge is 0.398 e. The molecule has 0 radical (unpaired) electrons. The van der Waals surface area contributed by atoms with E-state index in [-0.39, 0.29) is 0 Å². The molecule has 0 amide bonds. The van der Waals surface area contributed by atoms with Crippen molar-refractivity contribution in [2.75, 3.05) is 5.73 Å². The fourth-order valence-corrected chi connectivity index (χ4v) is 5.65. The Kier molecular flexibility index (Phi) is 5.75. The van der Waals surface area contributed by atoms with Crippen molar-refractivity contribution in [1.29, 1.82) is 0 Å². The van der Waals surface area contributed by atoms with Gasteiger partial charge in [0.25, 0.3) is 0 Å². The highest BCUT2D eigenvalue weighted by Gasteiger charge is 2.13. The molecule has 0 fully saturated rings. The second kappa shape index (κ2) is 9.57. The van der Waals surface area contributed by atoms with Gasteiger partial charge in [0.1, 0.15) is 0 Å². The van der Waals surface area contributed by atoms with Gasteiger partial charge in [0.2, 0.25) is 0 Å². The second-order valence-electron chi connectivity index (χ2n) is 9.77. The summed E-state index contributed by atoms with van der Waals surface area (Å²) in [6, 6.07) is 33.6. The third-order valence-corrected chi connectivity index (χ3v) is 7.81. The number of hydrogen-bond donors (Lipinski definition) is 5. The van der Waals surface area contributed by atoms with Crippen LogP contribution in [0.5, 0.6) is 0 Å². The van der Waals surface area contributed by atoms with Crippen LogP contribution in [0, 0.1) is 0 Å². The summed E-state index contributed by atoms with van der Waals surface area (Å²) in [5.41, 5.74) is 16.8. The second-order valence-corrected chi connectivity index (χ2v) is 10.3. The number of anilines is 1. The minimum Gasteiger partial charge on any atom is -0.398 e. The summed E-state index contributed by atoms with van der Waals surface area (Å²) < 4.78 is 0. The van der Waals surface area contributed by atoms with Gasteiger partial charge in [0.15, 0.2) is 0 Å². The Balaban J connectivity index is 1.51. The van der Waals surface area contributed by atoms with Crippen molar-refractivity contribution >= 4 is 44.9 Å². The predicted molar refractivity (Wildman–Crippen MR) is 162 cm³/mol. The van der Waals surface area contributed by atoms with E-state index in [0.29, 0.717) is 0 Å². The van der Waals surface area contributed by atoms with E-state index in [4.69, 9.17) is 5.73 Å². The first-order valence-electron chi connectivity index (χ1n) is 12.9. The average Bonchev–Trinajstić information content (AvgIpc) is 3.76. The van der Waals surface area contributed by atoms with Crippen LogP contribution in [0.25, 0.3) is 23.3 Å². The Labute approximate surface area is 233 Å². The topological polar surface area (TPSA) is 89.2 Å². The molecule has 5 heterocycles.